The molecule has 0 aromatic carbocycles. The number of rotatable bonds is 4. The van der Waals surface area contributed by atoms with Crippen LogP contribution in [-0.4, -0.2) is 41.6 Å². The van der Waals surface area contributed by atoms with Gasteiger partial charge in [0, 0.05) is 25.0 Å². The van der Waals surface area contributed by atoms with E-state index in [0.717, 1.165) is 12.8 Å². The lowest BCUT2D eigenvalue weighted by molar-refractivity contribution is -0.127. The maximum Gasteiger partial charge on any atom is 0.410 e. The zero-order valence-corrected chi connectivity index (χ0v) is 14.1. The van der Waals surface area contributed by atoms with Crippen molar-refractivity contribution in [3.63, 3.8) is 0 Å². The van der Waals surface area contributed by atoms with Crippen LogP contribution in [0.2, 0.25) is 0 Å². The number of ether oxygens (including phenoxy) is 1. The van der Waals surface area contributed by atoms with Crippen LogP contribution in [0.5, 0.6) is 0 Å². The summed E-state index contributed by atoms with van der Waals surface area (Å²) in [6.07, 6.45) is 3.22. The van der Waals surface area contributed by atoms with Crippen molar-refractivity contribution in [3.05, 3.63) is 0 Å². The fourth-order valence-corrected chi connectivity index (χ4v) is 2.52. The standard InChI is InChI=1S/C16H30N2O3/c1-6-7-12(2)17-14(19)13-8-10-18(11-9-13)15(20)21-16(3,4)5/h12-13H,6-11H2,1-5H3,(H,17,19). The lowest BCUT2D eigenvalue weighted by atomic mass is 9.95. The molecule has 0 aromatic rings. The molecule has 1 fully saturated rings. The van der Waals surface area contributed by atoms with E-state index in [4.69, 9.17) is 4.74 Å². The zero-order chi connectivity index (χ0) is 16.0. The summed E-state index contributed by atoms with van der Waals surface area (Å²) in [4.78, 5) is 25.8. The van der Waals surface area contributed by atoms with Crippen molar-refractivity contribution in [1.82, 2.24) is 10.2 Å². The van der Waals surface area contributed by atoms with Crippen molar-refractivity contribution in [3.8, 4) is 0 Å². The molecule has 1 rings (SSSR count). The number of hydrogen-bond acceptors (Lipinski definition) is 3. The maximum atomic E-state index is 12.1. The molecule has 1 heterocycles. The van der Waals surface area contributed by atoms with Crippen LogP contribution in [-0.2, 0) is 9.53 Å². The molecule has 21 heavy (non-hydrogen) atoms. The van der Waals surface area contributed by atoms with Crippen molar-refractivity contribution in [1.29, 1.82) is 0 Å². The van der Waals surface area contributed by atoms with E-state index >= 15 is 0 Å². The molecule has 1 N–H and O–H groups in total. The van der Waals surface area contributed by atoms with Gasteiger partial charge in [-0.15, -0.1) is 0 Å². The van der Waals surface area contributed by atoms with E-state index < -0.39 is 5.60 Å². The minimum atomic E-state index is -0.471. The zero-order valence-electron chi connectivity index (χ0n) is 14.1. The third-order valence-electron chi connectivity index (χ3n) is 3.63. The van der Waals surface area contributed by atoms with Gasteiger partial charge in [0.1, 0.15) is 5.60 Å². The SMILES string of the molecule is CCCC(C)NC(=O)C1CCN(C(=O)OC(C)(C)C)CC1. The fourth-order valence-electron chi connectivity index (χ4n) is 2.52. The van der Waals surface area contributed by atoms with Gasteiger partial charge >= 0.3 is 6.09 Å². The summed E-state index contributed by atoms with van der Waals surface area (Å²) in [7, 11) is 0. The van der Waals surface area contributed by atoms with Gasteiger partial charge in [0.15, 0.2) is 0 Å². The van der Waals surface area contributed by atoms with Crippen LogP contribution in [0, 0.1) is 5.92 Å². The Kier molecular flexibility index (Phi) is 6.49. The first-order chi connectivity index (χ1) is 9.73. The van der Waals surface area contributed by atoms with E-state index in [9.17, 15) is 9.59 Å². The molecule has 1 saturated heterocycles. The minimum Gasteiger partial charge on any atom is -0.444 e. The smallest absolute Gasteiger partial charge is 0.410 e. The number of carbonyl (C=O) groups excluding carboxylic acids is 2. The van der Waals surface area contributed by atoms with E-state index in [1.165, 1.54) is 0 Å². The number of hydrogen-bond donors (Lipinski definition) is 1. The highest BCUT2D eigenvalue weighted by Crippen LogP contribution is 2.20. The lowest BCUT2D eigenvalue weighted by Gasteiger charge is -2.33. The van der Waals surface area contributed by atoms with Crippen LogP contribution in [0.25, 0.3) is 0 Å². The van der Waals surface area contributed by atoms with Crippen LogP contribution in [0.3, 0.4) is 0 Å². The minimum absolute atomic E-state index is 0.0167. The van der Waals surface area contributed by atoms with Crippen LogP contribution in [0.4, 0.5) is 4.79 Å². The Morgan fingerprint density at radius 1 is 1.29 bits per heavy atom. The molecule has 1 atom stereocenters. The van der Waals surface area contributed by atoms with Gasteiger partial charge in [-0.05, 0) is 47.0 Å². The summed E-state index contributed by atoms with van der Waals surface area (Å²) in [5, 5.41) is 3.06. The van der Waals surface area contributed by atoms with Crippen LogP contribution in [0.1, 0.15) is 60.3 Å². The van der Waals surface area contributed by atoms with Gasteiger partial charge in [-0.1, -0.05) is 13.3 Å². The average Bonchev–Trinajstić information content (AvgIpc) is 2.37. The number of nitrogens with one attached hydrogen (secondary N) is 1. The summed E-state index contributed by atoms with van der Waals surface area (Å²) in [5.74, 6) is 0.141. The number of nitrogens with zero attached hydrogens (tertiary/aromatic N) is 1. The van der Waals surface area contributed by atoms with Crippen molar-refractivity contribution in [2.75, 3.05) is 13.1 Å². The molecule has 122 valence electrons. The number of amides is 2. The normalized spacial score (nSPS) is 18.2. The molecule has 0 radical (unpaired) electrons. The molecular formula is C16H30N2O3. The maximum absolute atomic E-state index is 12.1. The third-order valence-corrected chi connectivity index (χ3v) is 3.63. The van der Waals surface area contributed by atoms with Crippen molar-refractivity contribution >= 4 is 12.0 Å². The predicted molar refractivity (Wildman–Crippen MR) is 83.0 cm³/mol. The summed E-state index contributed by atoms with van der Waals surface area (Å²) in [5.41, 5.74) is -0.471. The first-order valence-electron chi connectivity index (χ1n) is 8.01. The van der Waals surface area contributed by atoms with E-state index in [2.05, 4.69) is 12.2 Å². The molecule has 0 aliphatic carbocycles. The molecule has 2 amide bonds. The molecule has 5 heteroatoms. The second kappa shape index (κ2) is 7.66. The second-order valence-corrected chi connectivity index (χ2v) is 6.94. The Morgan fingerprint density at radius 3 is 2.33 bits per heavy atom. The van der Waals surface area contributed by atoms with Gasteiger partial charge in [0.25, 0.3) is 0 Å². The molecule has 0 spiro atoms. The first-order valence-corrected chi connectivity index (χ1v) is 8.01. The van der Waals surface area contributed by atoms with E-state index in [1.807, 2.05) is 27.7 Å². The van der Waals surface area contributed by atoms with Crippen molar-refractivity contribution in [2.24, 2.45) is 5.92 Å². The molecule has 1 aliphatic rings. The quantitative estimate of drug-likeness (QED) is 0.868. The van der Waals surface area contributed by atoms with Crippen LogP contribution in [0.15, 0.2) is 0 Å². The molecule has 1 unspecified atom stereocenters. The summed E-state index contributed by atoms with van der Waals surface area (Å²) in [6, 6.07) is 0.228. The Morgan fingerprint density at radius 2 is 1.86 bits per heavy atom. The molecule has 0 bridgehead atoms. The average molecular weight is 298 g/mol. The first kappa shape index (κ1) is 17.8. The Hall–Kier alpha value is -1.26. The number of likely N-dealkylation sites (tertiary alicyclic amines) is 1. The summed E-state index contributed by atoms with van der Waals surface area (Å²) >= 11 is 0. The highest BCUT2D eigenvalue weighted by molar-refractivity contribution is 5.79. The monoisotopic (exact) mass is 298 g/mol. The molecule has 0 aromatic heterocycles. The third kappa shape index (κ3) is 6.36. The summed E-state index contributed by atoms with van der Waals surface area (Å²) < 4.78 is 5.36. The van der Waals surface area contributed by atoms with Gasteiger partial charge in [0.05, 0.1) is 0 Å². The van der Waals surface area contributed by atoms with E-state index in [1.54, 1.807) is 4.90 Å². The highest BCUT2D eigenvalue weighted by Gasteiger charge is 2.30. The van der Waals surface area contributed by atoms with Gasteiger partial charge < -0.3 is 15.0 Å². The van der Waals surface area contributed by atoms with Gasteiger partial charge in [-0.2, -0.15) is 0 Å². The van der Waals surface area contributed by atoms with Gasteiger partial charge in [-0.25, -0.2) is 4.79 Å². The largest absolute Gasteiger partial charge is 0.444 e. The van der Waals surface area contributed by atoms with E-state index in [0.29, 0.717) is 25.9 Å². The number of piperidine rings is 1. The topological polar surface area (TPSA) is 58.6 Å². The Bertz CT molecular complexity index is 355. The fraction of sp³-hybridized carbons (Fsp3) is 0.875. The number of carbonyl (C=O) groups is 2. The van der Waals surface area contributed by atoms with Gasteiger partial charge in [0.2, 0.25) is 5.91 Å². The molecular weight excluding hydrogens is 268 g/mol. The molecule has 1 aliphatic heterocycles. The Balaban J connectivity index is 2.38. The van der Waals surface area contributed by atoms with Crippen LogP contribution >= 0.6 is 0 Å². The van der Waals surface area contributed by atoms with Crippen molar-refractivity contribution in [2.45, 2.75) is 71.9 Å². The van der Waals surface area contributed by atoms with Crippen molar-refractivity contribution < 1.29 is 14.3 Å². The second-order valence-electron chi connectivity index (χ2n) is 6.94. The summed E-state index contributed by atoms with van der Waals surface area (Å²) in [6.45, 7) is 10.9. The molecule has 0 saturated carbocycles. The predicted octanol–water partition coefficient (Wildman–Crippen LogP) is 2.94. The highest BCUT2D eigenvalue weighted by atomic mass is 16.6. The van der Waals surface area contributed by atoms with E-state index in [-0.39, 0.29) is 24.0 Å². The van der Waals surface area contributed by atoms with Gasteiger partial charge in [-0.3, -0.25) is 4.79 Å². The molecule has 5 nitrogen and oxygen atoms in total. The van der Waals surface area contributed by atoms with Crippen LogP contribution < -0.4 is 5.32 Å². The lowest BCUT2D eigenvalue weighted by Crippen LogP contribution is -2.46. The Labute approximate surface area is 128 Å².